The van der Waals surface area contributed by atoms with Gasteiger partial charge in [0.25, 0.3) is 0 Å². The molecule has 1 aliphatic rings. The number of fused-ring (bicyclic) bond motifs is 1. The van der Waals surface area contributed by atoms with Gasteiger partial charge < -0.3 is 15.5 Å². The van der Waals surface area contributed by atoms with Crippen LogP contribution in [0.15, 0.2) is 30.3 Å². The minimum Gasteiger partial charge on any atom is -0.355 e. The lowest BCUT2D eigenvalue weighted by molar-refractivity contribution is 0.315. The number of para-hydroxylation sites is 1. The summed E-state index contributed by atoms with van der Waals surface area (Å²) < 4.78 is 0. The van der Waals surface area contributed by atoms with Crippen LogP contribution in [0.2, 0.25) is 0 Å². The molecule has 4 nitrogen and oxygen atoms in total. The predicted octanol–water partition coefficient (Wildman–Crippen LogP) is 1.83. The fourth-order valence-electron chi connectivity index (χ4n) is 2.93. The van der Waals surface area contributed by atoms with Crippen molar-refractivity contribution in [1.29, 1.82) is 0 Å². The summed E-state index contributed by atoms with van der Waals surface area (Å²) in [7, 11) is 4.29. The smallest absolute Gasteiger partial charge is 0.133 e. The molecule has 2 N–H and O–H groups in total. The summed E-state index contributed by atoms with van der Waals surface area (Å²) in [6.07, 6.45) is 1.19. The predicted molar refractivity (Wildman–Crippen MR) is 83.9 cm³/mol. The summed E-state index contributed by atoms with van der Waals surface area (Å²) in [5.74, 6) is 1.07. The Morgan fingerprint density at radius 1 is 1.35 bits per heavy atom. The number of aromatic nitrogens is 1. The Balaban J connectivity index is 1.98. The van der Waals surface area contributed by atoms with Crippen LogP contribution in [0.4, 0.5) is 5.82 Å². The Morgan fingerprint density at radius 2 is 2.15 bits per heavy atom. The molecule has 0 amide bonds. The first kappa shape index (κ1) is 13.3. The molecule has 0 bridgehead atoms. The molecule has 1 aliphatic heterocycles. The molecule has 20 heavy (non-hydrogen) atoms. The summed E-state index contributed by atoms with van der Waals surface area (Å²) >= 11 is 0. The molecule has 106 valence electrons. The van der Waals surface area contributed by atoms with Crippen LogP contribution < -0.4 is 10.6 Å². The number of hydrogen-bond donors (Lipinski definition) is 1. The van der Waals surface area contributed by atoms with E-state index >= 15 is 0 Å². The molecular weight excluding hydrogens is 248 g/mol. The zero-order valence-electron chi connectivity index (χ0n) is 12.2. The van der Waals surface area contributed by atoms with E-state index in [0.717, 1.165) is 30.0 Å². The van der Waals surface area contributed by atoms with Gasteiger partial charge in [-0.25, -0.2) is 4.98 Å². The van der Waals surface area contributed by atoms with E-state index in [9.17, 15) is 0 Å². The molecule has 2 heterocycles. The van der Waals surface area contributed by atoms with Gasteiger partial charge in [0.1, 0.15) is 5.82 Å². The Kier molecular flexibility index (Phi) is 3.59. The van der Waals surface area contributed by atoms with E-state index in [2.05, 4.69) is 42.1 Å². The van der Waals surface area contributed by atoms with Gasteiger partial charge in [-0.3, -0.25) is 0 Å². The Morgan fingerprint density at radius 3 is 2.85 bits per heavy atom. The molecule has 4 heteroatoms. The second-order valence-electron chi connectivity index (χ2n) is 5.72. The lowest BCUT2D eigenvalue weighted by Gasteiger charge is -2.23. The van der Waals surface area contributed by atoms with Gasteiger partial charge >= 0.3 is 0 Å². The van der Waals surface area contributed by atoms with Gasteiger partial charge in [0.05, 0.1) is 5.52 Å². The van der Waals surface area contributed by atoms with Crippen molar-refractivity contribution in [1.82, 2.24) is 9.88 Å². The molecule has 0 aliphatic carbocycles. The zero-order chi connectivity index (χ0) is 14.1. The van der Waals surface area contributed by atoms with E-state index in [0.29, 0.717) is 12.6 Å². The van der Waals surface area contributed by atoms with Crippen LogP contribution in [0.3, 0.4) is 0 Å². The van der Waals surface area contributed by atoms with Crippen LogP contribution >= 0.6 is 0 Å². The third kappa shape index (κ3) is 2.37. The van der Waals surface area contributed by atoms with Crippen molar-refractivity contribution in [2.45, 2.75) is 19.0 Å². The van der Waals surface area contributed by atoms with Crippen LogP contribution in [-0.2, 0) is 6.54 Å². The van der Waals surface area contributed by atoms with Gasteiger partial charge in [0, 0.05) is 36.6 Å². The lowest BCUT2D eigenvalue weighted by atomic mass is 10.1. The van der Waals surface area contributed by atoms with E-state index in [1.807, 2.05) is 12.1 Å². The Hall–Kier alpha value is -1.65. The van der Waals surface area contributed by atoms with Gasteiger partial charge in [0.15, 0.2) is 0 Å². The molecule has 1 fully saturated rings. The van der Waals surface area contributed by atoms with Gasteiger partial charge in [0.2, 0.25) is 0 Å². The topological polar surface area (TPSA) is 45.4 Å². The maximum atomic E-state index is 5.93. The summed E-state index contributed by atoms with van der Waals surface area (Å²) in [4.78, 5) is 9.52. The SMILES string of the molecule is CN(C)C1CCN(c2nc3ccccc3cc2CN)C1. The van der Waals surface area contributed by atoms with E-state index in [1.165, 1.54) is 11.8 Å². The standard InChI is InChI=1S/C16H22N4/c1-19(2)14-7-8-20(11-14)16-13(10-17)9-12-5-3-4-6-15(12)18-16/h3-6,9,14H,7-8,10-11,17H2,1-2H3. The van der Waals surface area contributed by atoms with Gasteiger partial charge in [-0.2, -0.15) is 0 Å². The van der Waals surface area contributed by atoms with Crippen LogP contribution in [0, 0.1) is 0 Å². The molecule has 3 rings (SSSR count). The fourth-order valence-corrected chi connectivity index (χ4v) is 2.93. The van der Waals surface area contributed by atoms with Crippen LogP contribution in [0.25, 0.3) is 10.9 Å². The molecule has 1 unspecified atom stereocenters. The minimum absolute atomic E-state index is 0.538. The number of nitrogens with two attached hydrogens (primary N) is 1. The molecule has 1 aromatic carbocycles. The highest BCUT2D eigenvalue weighted by Gasteiger charge is 2.26. The lowest BCUT2D eigenvalue weighted by Crippen LogP contribution is -2.32. The van der Waals surface area contributed by atoms with Crippen LogP contribution in [-0.4, -0.2) is 43.1 Å². The van der Waals surface area contributed by atoms with Crippen molar-refractivity contribution < 1.29 is 0 Å². The molecule has 0 radical (unpaired) electrons. The maximum absolute atomic E-state index is 5.93. The Labute approximate surface area is 120 Å². The van der Waals surface area contributed by atoms with Gasteiger partial charge in [-0.1, -0.05) is 18.2 Å². The molecule has 1 aromatic heterocycles. The van der Waals surface area contributed by atoms with E-state index < -0.39 is 0 Å². The maximum Gasteiger partial charge on any atom is 0.133 e. The number of pyridine rings is 1. The third-order valence-corrected chi connectivity index (χ3v) is 4.19. The quantitative estimate of drug-likeness (QED) is 0.924. The van der Waals surface area contributed by atoms with Gasteiger partial charge in [-0.05, 0) is 32.6 Å². The first-order valence-corrected chi connectivity index (χ1v) is 7.19. The van der Waals surface area contributed by atoms with E-state index in [4.69, 9.17) is 10.7 Å². The number of anilines is 1. The largest absolute Gasteiger partial charge is 0.355 e. The summed E-state index contributed by atoms with van der Waals surface area (Å²) in [5.41, 5.74) is 8.12. The van der Waals surface area contributed by atoms with E-state index in [1.54, 1.807) is 0 Å². The monoisotopic (exact) mass is 270 g/mol. The third-order valence-electron chi connectivity index (χ3n) is 4.19. The second-order valence-corrected chi connectivity index (χ2v) is 5.72. The molecule has 1 atom stereocenters. The molecule has 1 saturated heterocycles. The number of nitrogens with zero attached hydrogens (tertiary/aromatic N) is 3. The van der Waals surface area contributed by atoms with Crippen molar-refractivity contribution in [2.75, 3.05) is 32.1 Å². The number of hydrogen-bond acceptors (Lipinski definition) is 4. The number of benzene rings is 1. The molecular formula is C16H22N4. The van der Waals surface area contributed by atoms with Gasteiger partial charge in [-0.15, -0.1) is 0 Å². The molecule has 2 aromatic rings. The summed E-state index contributed by atoms with van der Waals surface area (Å²) in [6.45, 7) is 2.63. The van der Waals surface area contributed by atoms with Crippen molar-refractivity contribution >= 4 is 16.7 Å². The van der Waals surface area contributed by atoms with Crippen LogP contribution in [0.1, 0.15) is 12.0 Å². The second kappa shape index (κ2) is 5.38. The first-order chi connectivity index (χ1) is 9.69. The van der Waals surface area contributed by atoms with Crippen molar-refractivity contribution in [2.24, 2.45) is 5.73 Å². The normalized spacial score (nSPS) is 19.2. The molecule has 0 saturated carbocycles. The molecule has 0 spiro atoms. The number of likely N-dealkylation sites (N-methyl/N-ethyl adjacent to an activating group) is 1. The average Bonchev–Trinajstić information content (AvgIpc) is 2.95. The van der Waals surface area contributed by atoms with Crippen molar-refractivity contribution in [3.05, 3.63) is 35.9 Å². The first-order valence-electron chi connectivity index (χ1n) is 7.19. The number of rotatable bonds is 3. The van der Waals surface area contributed by atoms with Crippen LogP contribution in [0.5, 0.6) is 0 Å². The van der Waals surface area contributed by atoms with Crippen molar-refractivity contribution in [3.8, 4) is 0 Å². The minimum atomic E-state index is 0.538. The summed E-state index contributed by atoms with van der Waals surface area (Å²) in [6, 6.07) is 11.0. The highest BCUT2D eigenvalue weighted by Crippen LogP contribution is 2.27. The summed E-state index contributed by atoms with van der Waals surface area (Å²) in [5, 5.41) is 1.17. The zero-order valence-corrected chi connectivity index (χ0v) is 12.2. The van der Waals surface area contributed by atoms with E-state index in [-0.39, 0.29) is 0 Å². The average molecular weight is 270 g/mol. The highest BCUT2D eigenvalue weighted by atomic mass is 15.3. The highest BCUT2D eigenvalue weighted by molar-refractivity contribution is 5.81. The van der Waals surface area contributed by atoms with Crippen molar-refractivity contribution in [3.63, 3.8) is 0 Å². The fraction of sp³-hybridized carbons (Fsp3) is 0.438. The Bertz CT molecular complexity index is 608.